The van der Waals surface area contributed by atoms with Crippen molar-refractivity contribution in [1.29, 1.82) is 0 Å². The topological polar surface area (TPSA) is 15.3 Å². The van der Waals surface area contributed by atoms with Gasteiger partial charge in [0.25, 0.3) is 0 Å². The van der Waals surface area contributed by atoms with E-state index in [2.05, 4.69) is 68.2 Å². The summed E-state index contributed by atoms with van der Waals surface area (Å²) in [6.45, 7) is 11.6. The van der Waals surface area contributed by atoms with Gasteiger partial charge >= 0.3 is 0 Å². The van der Waals surface area contributed by atoms with Crippen LogP contribution in [0.5, 0.6) is 0 Å². The number of piperazine rings is 1. The Kier molecular flexibility index (Phi) is 6.25. The van der Waals surface area contributed by atoms with Gasteiger partial charge in [0.1, 0.15) is 0 Å². The first kappa shape index (κ1) is 16.5. The van der Waals surface area contributed by atoms with Gasteiger partial charge in [-0.15, -0.1) is 0 Å². The molecule has 0 aliphatic carbocycles. The average Bonchev–Trinajstić information content (AvgIpc) is 2.54. The van der Waals surface area contributed by atoms with Crippen LogP contribution in [0.1, 0.15) is 58.6 Å². The minimum Gasteiger partial charge on any atom is -0.311 e. The molecule has 2 rings (SSSR count). The van der Waals surface area contributed by atoms with Gasteiger partial charge in [0.15, 0.2) is 0 Å². The number of rotatable bonds is 6. The maximum atomic E-state index is 3.80. The first-order valence-electron chi connectivity index (χ1n) is 8.71. The van der Waals surface area contributed by atoms with Crippen molar-refractivity contribution in [2.24, 2.45) is 5.92 Å². The molecule has 1 aliphatic rings. The Morgan fingerprint density at radius 3 is 2.52 bits per heavy atom. The highest BCUT2D eigenvalue weighted by atomic mass is 15.3. The van der Waals surface area contributed by atoms with Crippen molar-refractivity contribution >= 4 is 0 Å². The molecule has 118 valence electrons. The Bertz CT molecular complexity index is 403. The summed E-state index contributed by atoms with van der Waals surface area (Å²) >= 11 is 0. The van der Waals surface area contributed by atoms with E-state index in [4.69, 9.17) is 0 Å². The summed E-state index contributed by atoms with van der Waals surface area (Å²) in [5.41, 5.74) is 1.45. The van der Waals surface area contributed by atoms with Crippen LogP contribution in [0.3, 0.4) is 0 Å². The summed E-state index contributed by atoms with van der Waals surface area (Å²) in [5, 5.41) is 3.80. The smallest absolute Gasteiger partial charge is 0.0476 e. The summed E-state index contributed by atoms with van der Waals surface area (Å²) in [6.07, 6.45) is 3.81. The van der Waals surface area contributed by atoms with Gasteiger partial charge in [-0.25, -0.2) is 0 Å². The monoisotopic (exact) mass is 288 g/mol. The fraction of sp³-hybridized carbons (Fsp3) is 0.684. The third-order valence-corrected chi connectivity index (χ3v) is 5.17. The molecule has 4 atom stereocenters. The number of nitrogens with zero attached hydrogens (tertiary/aromatic N) is 1. The molecule has 2 nitrogen and oxygen atoms in total. The molecular formula is C19H32N2. The Labute approximate surface area is 130 Å². The van der Waals surface area contributed by atoms with Crippen LogP contribution in [0.2, 0.25) is 0 Å². The van der Waals surface area contributed by atoms with Crippen molar-refractivity contribution in [3.05, 3.63) is 35.9 Å². The minimum absolute atomic E-state index is 0.521. The molecule has 0 saturated carbocycles. The van der Waals surface area contributed by atoms with Crippen molar-refractivity contribution in [3.63, 3.8) is 0 Å². The first-order valence-corrected chi connectivity index (χ1v) is 8.71. The molecule has 1 aliphatic heterocycles. The molecule has 0 bridgehead atoms. The molecule has 4 unspecified atom stereocenters. The molecule has 1 N–H and O–H groups in total. The van der Waals surface area contributed by atoms with Crippen molar-refractivity contribution in [2.45, 2.75) is 65.1 Å². The summed E-state index contributed by atoms with van der Waals surface area (Å²) in [7, 11) is 0. The van der Waals surface area contributed by atoms with Crippen LogP contribution in [-0.4, -0.2) is 30.1 Å². The number of benzene rings is 1. The van der Waals surface area contributed by atoms with Crippen LogP contribution >= 0.6 is 0 Å². The quantitative estimate of drug-likeness (QED) is 0.842. The Balaban J connectivity index is 2.16. The molecular weight excluding hydrogens is 256 g/mol. The van der Waals surface area contributed by atoms with Gasteiger partial charge in [0.2, 0.25) is 0 Å². The molecule has 0 radical (unpaired) electrons. The fourth-order valence-electron chi connectivity index (χ4n) is 3.52. The Morgan fingerprint density at radius 1 is 1.19 bits per heavy atom. The average molecular weight is 288 g/mol. The van der Waals surface area contributed by atoms with Crippen molar-refractivity contribution in [3.8, 4) is 0 Å². The van der Waals surface area contributed by atoms with Gasteiger partial charge in [0, 0.05) is 31.2 Å². The second-order valence-electron chi connectivity index (χ2n) is 6.66. The summed E-state index contributed by atoms with van der Waals surface area (Å²) < 4.78 is 0. The SMILES string of the molecule is CCCC(C)N1CC(C(C)CC)NCC1c1ccccc1. The molecule has 1 saturated heterocycles. The molecule has 0 amide bonds. The summed E-state index contributed by atoms with van der Waals surface area (Å²) in [5.74, 6) is 0.748. The van der Waals surface area contributed by atoms with Gasteiger partial charge in [-0.1, -0.05) is 63.9 Å². The predicted octanol–water partition coefficient (Wildman–Crippen LogP) is 4.24. The Morgan fingerprint density at radius 2 is 1.90 bits per heavy atom. The maximum Gasteiger partial charge on any atom is 0.0476 e. The van der Waals surface area contributed by atoms with Crippen molar-refractivity contribution in [1.82, 2.24) is 10.2 Å². The molecule has 1 aromatic rings. The van der Waals surface area contributed by atoms with Crippen LogP contribution in [-0.2, 0) is 0 Å². The lowest BCUT2D eigenvalue weighted by Crippen LogP contribution is -2.56. The minimum atomic E-state index is 0.521. The van der Waals surface area contributed by atoms with Gasteiger partial charge in [-0.2, -0.15) is 0 Å². The van der Waals surface area contributed by atoms with E-state index >= 15 is 0 Å². The largest absolute Gasteiger partial charge is 0.311 e. The van der Waals surface area contributed by atoms with Crippen LogP contribution in [0.25, 0.3) is 0 Å². The standard InChI is InChI=1S/C19H32N2/c1-5-10-16(4)21-14-18(15(3)6-2)20-13-19(21)17-11-8-7-9-12-17/h7-9,11-12,15-16,18-20H,5-6,10,13-14H2,1-4H3. The van der Waals surface area contributed by atoms with E-state index in [9.17, 15) is 0 Å². The van der Waals surface area contributed by atoms with Crippen LogP contribution in [0.4, 0.5) is 0 Å². The van der Waals surface area contributed by atoms with E-state index in [1.807, 2.05) is 0 Å². The number of nitrogens with one attached hydrogen (secondary N) is 1. The Hall–Kier alpha value is -0.860. The third-order valence-electron chi connectivity index (χ3n) is 5.17. The summed E-state index contributed by atoms with van der Waals surface area (Å²) in [6, 6.07) is 12.8. The highest BCUT2D eigenvalue weighted by Gasteiger charge is 2.33. The van der Waals surface area contributed by atoms with Crippen LogP contribution < -0.4 is 5.32 Å². The highest BCUT2D eigenvalue weighted by molar-refractivity contribution is 5.20. The lowest BCUT2D eigenvalue weighted by molar-refractivity contribution is 0.0687. The molecule has 2 heteroatoms. The lowest BCUT2D eigenvalue weighted by atomic mass is 9.91. The van der Waals surface area contributed by atoms with Crippen molar-refractivity contribution < 1.29 is 0 Å². The van der Waals surface area contributed by atoms with E-state index in [1.165, 1.54) is 31.4 Å². The zero-order valence-electron chi connectivity index (χ0n) is 14.2. The molecule has 1 fully saturated rings. The van der Waals surface area contributed by atoms with Crippen LogP contribution in [0.15, 0.2) is 30.3 Å². The van der Waals surface area contributed by atoms with E-state index in [-0.39, 0.29) is 0 Å². The van der Waals surface area contributed by atoms with Crippen LogP contribution in [0, 0.1) is 5.92 Å². The van der Waals surface area contributed by atoms with E-state index < -0.39 is 0 Å². The number of hydrogen-bond donors (Lipinski definition) is 1. The zero-order chi connectivity index (χ0) is 15.2. The molecule has 1 aromatic carbocycles. The van der Waals surface area contributed by atoms with Gasteiger partial charge in [-0.05, 0) is 24.8 Å². The highest BCUT2D eigenvalue weighted by Crippen LogP contribution is 2.29. The van der Waals surface area contributed by atoms with Gasteiger partial charge in [-0.3, -0.25) is 4.90 Å². The van der Waals surface area contributed by atoms with Gasteiger partial charge in [0.05, 0.1) is 0 Å². The van der Waals surface area contributed by atoms with E-state index in [0.29, 0.717) is 18.1 Å². The number of hydrogen-bond acceptors (Lipinski definition) is 2. The molecule has 0 spiro atoms. The predicted molar refractivity (Wildman–Crippen MR) is 91.5 cm³/mol. The molecule has 1 heterocycles. The van der Waals surface area contributed by atoms with E-state index in [0.717, 1.165) is 12.5 Å². The van der Waals surface area contributed by atoms with Gasteiger partial charge < -0.3 is 5.32 Å². The fourth-order valence-corrected chi connectivity index (χ4v) is 3.52. The maximum absolute atomic E-state index is 3.80. The zero-order valence-corrected chi connectivity index (χ0v) is 14.2. The normalized spacial score (nSPS) is 26.5. The second kappa shape index (κ2) is 7.95. The summed E-state index contributed by atoms with van der Waals surface area (Å²) in [4.78, 5) is 2.74. The van der Waals surface area contributed by atoms with Crippen molar-refractivity contribution in [2.75, 3.05) is 13.1 Å². The van der Waals surface area contributed by atoms with E-state index in [1.54, 1.807) is 0 Å². The first-order chi connectivity index (χ1) is 10.2. The third kappa shape index (κ3) is 4.08. The second-order valence-corrected chi connectivity index (χ2v) is 6.66. The molecule has 21 heavy (non-hydrogen) atoms. The molecule has 0 aromatic heterocycles. The lowest BCUT2D eigenvalue weighted by Gasteiger charge is -2.45.